The van der Waals surface area contributed by atoms with E-state index in [1.165, 1.54) is 19.3 Å². The third-order valence-electron chi connectivity index (χ3n) is 6.15. The zero-order chi connectivity index (χ0) is 14.5. The fourth-order valence-corrected chi connectivity index (χ4v) is 6.11. The number of alkyl halides is 1. The second-order valence-corrected chi connectivity index (χ2v) is 8.01. The Balaban J connectivity index is 1.67. The topological polar surface area (TPSA) is 44.8 Å². The van der Waals surface area contributed by atoms with Crippen LogP contribution in [0.25, 0.3) is 0 Å². The van der Waals surface area contributed by atoms with Crippen molar-refractivity contribution in [1.82, 2.24) is 0 Å². The standard InChI is InChI=1S/C16H23IO4/c17-8-5-11-3-1-2-6-15(11)12-4-7-16(19-9-10-20-16)13(12)14(18)21-15/h11-13H,1-10H2/t11-,12+,13-,15-/m1/s1. The predicted molar refractivity (Wildman–Crippen MR) is 85.1 cm³/mol. The lowest BCUT2D eigenvalue weighted by Crippen LogP contribution is -2.46. The first-order valence-electron chi connectivity index (χ1n) is 8.29. The molecule has 2 aliphatic carbocycles. The number of rotatable bonds is 2. The second-order valence-electron chi connectivity index (χ2n) is 6.93. The normalized spacial score (nSPS) is 44.4. The molecular weight excluding hydrogens is 383 g/mol. The van der Waals surface area contributed by atoms with E-state index in [2.05, 4.69) is 22.6 Å². The van der Waals surface area contributed by atoms with Gasteiger partial charge in [-0.2, -0.15) is 0 Å². The van der Waals surface area contributed by atoms with Crippen molar-refractivity contribution in [2.24, 2.45) is 17.8 Å². The molecule has 0 aromatic carbocycles. The lowest BCUT2D eigenvalue weighted by molar-refractivity contribution is -0.193. The Bertz CT molecular complexity index is 432. The van der Waals surface area contributed by atoms with Gasteiger partial charge < -0.3 is 14.2 Å². The molecule has 0 N–H and O–H groups in total. The number of hydrogen-bond donors (Lipinski definition) is 0. The van der Waals surface area contributed by atoms with Gasteiger partial charge in [0.25, 0.3) is 0 Å². The van der Waals surface area contributed by atoms with Crippen LogP contribution in [-0.4, -0.2) is 35.0 Å². The van der Waals surface area contributed by atoms with Crippen molar-refractivity contribution in [3.05, 3.63) is 0 Å². The van der Waals surface area contributed by atoms with Crippen LogP contribution in [0.4, 0.5) is 0 Å². The zero-order valence-corrected chi connectivity index (χ0v) is 14.5. The average molecular weight is 406 g/mol. The predicted octanol–water partition coefficient (Wildman–Crippen LogP) is 3.07. The van der Waals surface area contributed by atoms with Gasteiger partial charge in [-0.3, -0.25) is 4.79 Å². The highest BCUT2D eigenvalue weighted by molar-refractivity contribution is 14.1. The van der Waals surface area contributed by atoms with Crippen LogP contribution in [0.2, 0.25) is 0 Å². The molecule has 118 valence electrons. The molecule has 4 aliphatic rings. The summed E-state index contributed by atoms with van der Waals surface area (Å²) in [6.45, 7) is 1.22. The van der Waals surface area contributed by atoms with Crippen LogP contribution in [-0.2, 0) is 19.0 Å². The first-order valence-corrected chi connectivity index (χ1v) is 9.81. The van der Waals surface area contributed by atoms with Crippen molar-refractivity contribution >= 4 is 28.6 Å². The maximum atomic E-state index is 12.7. The Morgan fingerprint density at radius 3 is 2.71 bits per heavy atom. The molecule has 2 spiro atoms. The van der Waals surface area contributed by atoms with Gasteiger partial charge in [0.1, 0.15) is 11.5 Å². The van der Waals surface area contributed by atoms with Gasteiger partial charge in [-0.05, 0) is 42.4 Å². The first kappa shape index (κ1) is 14.7. The minimum absolute atomic E-state index is 0.0558. The van der Waals surface area contributed by atoms with E-state index in [-0.39, 0.29) is 17.5 Å². The molecule has 4 rings (SSSR count). The number of ether oxygens (including phenoxy) is 3. The SMILES string of the molecule is O=C1O[C@@]2(CCCC[C@@H]2CCI)[C@H]2CCC3(OCCO3)[C@@H]12. The van der Waals surface area contributed by atoms with Gasteiger partial charge in [0.15, 0.2) is 5.79 Å². The minimum atomic E-state index is -0.655. The van der Waals surface area contributed by atoms with Gasteiger partial charge in [-0.1, -0.05) is 29.0 Å². The summed E-state index contributed by atoms with van der Waals surface area (Å²) in [5, 5.41) is 0. The van der Waals surface area contributed by atoms with Crippen molar-refractivity contribution in [2.45, 2.75) is 56.3 Å². The van der Waals surface area contributed by atoms with E-state index in [4.69, 9.17) is 14.2 Å². The molecular formula is C16H23IO4. The Kier molecular flexibility index (Phi) is 3.74. The highest BCUT2D eigenvalue weighted by Crippen LogP contribution is 2.60. The van der Waals surface area contributed by atoms with Crippen molar-refractivity contribution < 1.29 is 19.0 Å². The first-order chi connectivity index (χ1) is 10.2. The summed E-state index contributed by atoms with van der Waals surface area (Å²) in [5.74, 6) is -0.0676. The van der Waals surface area contributed by atoms with Crippen LogP contribution >= 0.6 is 22.6 Å². The highest BCUT2D eigenvalue weighted by atomic mass is 127. The largest absolute Gasteiger partial charge is 0.458 e. The number of esters is 1. The number of carbonyl (C=O) groups is 1. The van der Waals surface area contributed by atoms with Gasteiger partial charge in [0.05, 0.1) is 13.2 Å². The molecule has 0 aromatic rings. The number of fused-ring (bicyclic) bond motifs is 3. The molecule has 5 heteroatoms. The zero-order valence-electron chi connectivity index (χ0n) is 12.3. The van der Waals surface area contributed by atoms with Gasteiger partial charge in [-0.25, -0.2) is 0 Å². The summed E-state index contributed by atoms with van der Waals surface area (Å²) in [6, 6.07) is 0. The minimum Gasteiger partial charge on any atom is -0.458 e. The van der Waals surface area contributed by atoms with Gasteiger partial charge >= 0.3 is 5.97 Å². The number of carbonyl (C=O) groups excluding carboxylic acids is 1. The third-order valence-corrected chi connectivity index (χ3v) is 6.77. The van der Waals surface area contributed by atoms with E-state index in [9.17, 15) is 4.79 Å². The van der Waals surface area contributed by atoms with E-state index in [0.717, 1.165) is 30.1 Å². The van der Waals surface area contributed by atoms with Crippen LogP contribution in [0.5, 0.6) is 0 Å². The molecule has 4 nitrogen and oxygen atoms in total. The highest BCUT2D eigenvalue weighted by Gasteiger charge is 2.69. The van der Waals surface area contributed by atoms with E-state index >= 15 is 0 Å². The Labute approximate surface area is 139 Å². The molecule has 0 unspecified atom stereocenters. The van der Waals surface area contributed by atoms with Crippen LogP contribution in [0.15, 0.2) is 0 Å². The summed E-state index contributed by atoms with van der Waals surface area (Å²) in [5.41, 5.74) is -0.218. The Hall–Kier alpha value is 0.120. The van der Waals surface area contributed by atoms with E-state index in [1.807, 2.05) is 0 Å². The summed E-state index contributed by atoms with van der Waals surface area (Å²) >= 11 is 2.45. The molecule has 2 aliphatic heterocycles. The van der Waals surface area contributed by atoms with Crippen molar-refractivity contribution in [2.75, 3.05) is 17.6 Å². The summed E-state index contributed by atoms with van der Waals surface area (Å²) < 4.78 is 19.0. The fourth-order valence-electron chi connectivity index (χ4n) is 5.36. The molecule has 4 atom stereocenters. The summed E-state index contributed by atoms with van der Waals surface area (Å²) in [4.78, 5) is 12.7. The molecule has 2 saturated heterocycles. The molecule has 0 bridgehead atoms. The Morgan fingerprint density at radius 2 is 1.95 bits per heavy atom. The van der Waals surface area contributed by atoms with Crippen LogP contribution in [0.1, 0.15) is 44.9 Å². The molecule has 0 aromatic heterocycles. The third kappa shape index (κ3) is 2.02. The molecule has 4 fully saturated rings. The van der Waals surface area contributed by atoms with Crippen molar-refractivity contribution in [3.63, 3.8) is 0 Å². The van der Waals surface area contributed by atoms with Gasteiger partial charge in [-0.15, -0.1) is 0 Å². The van der Waals surface area contributed by atoms with Crippen LogP contribution in [0, 0.1) is 17.8 Å². The average Bonchev–Trinajstić information content (AvgIpc) is 3.15. The molecule has 2 saturated carbocycles. The Morgan fingerprint density at radius 1 is 1.14 bits per heavy atom. The van der Waals surface area contributed by atoms with Gasteiger partial charge in [0.2, 0.25) is 0 Å². The lowest BCUT2D eigenvalue weighted by Gasteiger charge is -2.43. The van der Waals surface area contributed by atoms with E-state index in [1.54, 1.807) is 0 Å². The van der Waals surface area contributed by atoms with Crippen LogP contribution in [0.3, 0.4) is 0 Å². The lowest BCUT2D eigenvalue weighted by atomic mass is 9.66. The van der Waals surface area contributed by atoms with E-state index < -0.39 is 5.79 Å². The second kappa shape index (κ2) is 5.34. The van der Waals surface area contributed by atoms with Crippen LogP contribution < -0.4 is 0 Å². The number of halogens is 1. The summed E-state index contributed by atoms with van der Waals surface area (Å²) in [7, 11) is 0. The fraction of sp³-hybridized carbons (Fsp3) is 0.938. The molecule has 2 heterocycles. The maximum absolute atomic E-state index is 12.7. The quantitative estimate of drug-likeness (QED) is 0.402. The van der Waals surface area contributed by atoms with E-state index in [0.29, 0.717) is 25.0 Å². The maximum Gasteiger partial charge on any atom is 0.315 e. The summed E-state index contributed by atoms with van der Waals surface area (Å²) in [6.07, 6.45) is 7.72. The van der Waals surface area contributed by atoms with Crippen molar-refractivity contribution in [3.8, 4) is 0 Å². The molecule has 21 heavy (non-hydrogen) atoms. The van der Waals surface area contributed by atoms with Gasteiger partial charge in [0, 0.05) is 12.3 Å². The smallest absolute Gasteiger partial charge is 0.315 e. The van der Waals surface area contributed by atoms with Crippen molar-refractivity contribution in [1.29, 1.82) is 0 Å². The molecule has 0 amide bonds. The molecule has 0 radical (unpaired) electrons. The number of hydrogen-bond acceptors (Lipinski definition) is 4. The monoisotopic (exact) mass is 406 g/mol.